The van der Waals surface area contributed by atoms with Crippen molar-refractivity contribution in [2.24, 2.45) is 0 Å². The Labute approximate surface area is 149 Å². The van der Waals surface area contributed by atoms with Gasteiger partial charge >= 0.3 is 0 Å². The van der Waals surface area contributed by atoms with Crippen LogP contribution < -0.4 is 4.74 Å². The van der Waals surface area contributed by atoms with E-state index in [0.717, 1.165) is 27.7 Å². The highest BCUT2D eigenvalue weighted by Crippen LogP contribution is 2.27. The number of aryl methyl sites for hydroxylation is 1. The van der Waals surface area contributed by atoms with Gasteiger partial charge in [-0.1, -0.05) is 30.3 Å². The van der Waals surface area contributed by atoms with Crippen molar-refractivity contribution in [2.45, 2.75) is 20.0 Å². The summed E-state index contributed by atoms with van der Waals surface area (Å²) >= 11 is 1.59. The number of carbonyl (C=O) groups excluding carboxylic acids is 1. The molecular formula is C19H17N3O2S. The van der Waals surface area contributed by atoms with Crippen molar-refractivity contribution < 1.29 is 9.53 Å². The monoisotopic (exact) mass is 351 g/mol. The van der Waals surface area contributed by atoms with E-state index >= 15 is 0 Å². The molecule has 2 aromatic heterocycles. The molecule has 3 heterocycles. The highest BCUT2D eigenvalue weighted by atomic mass is 32.1. The van der Waals surface area contributed by atoms with Crippen LogP contribution in [0.1, 0.15) is 16.4 Å². The number of thiazole rings is 1. The zero-order valence-corrected chi connectivity index (χ0v) is 14.6. The largest absolute Gasteiger partial charge is 0.482 e. The molecule has 0 saturated carbocycles. The van der Waals surface area contributed by atoms with Crippen LogP contribution in [0, 0.1) is 6.92 Å². The van der Waals surface area contributed by atoms with E-state index < -0.39 is 0 Å². The lowest BCUT2D eigenvalue weighted by atomic mass is 10.1. The third-order valence-corrected chi connectivity index (χ3v) is 4.89. The summed E-state index contributed by atoms with van der Waals surface area (Å²) in [6, 6.07) is 13.8. The minimum atomic E-state index is -0.0510. The lowest BCUT2D eigenvalue weighted by molar-refractivity contribution is -0.133. The van der Waals surface area contributed by atoms with Crippen LogP contribution in [0.3, 0.4) is 0 Å². The molecule has 0 radical (unpaired) electrons. The molecular weight excluding hydrogens is 334 g/mol. The molecule has 0 fully saturated rings. The number of hydrogen-bond donors (Lipinski definition) is 0. The molecule has 0 atom stereocenters. The van der Waals surface area contributed by atoms with Gasteiger partial charge in [0.15, 0.2) is 6.61 Å². The van der Waals surface area contributed by atoms with E-state index in [1.54, 1.807) is 16.2 Å². The highest BCUT2D eigenvalue weighted by Gasteiger charge is 2.23. The van der Waals surface area contributed by atoms with Crippen LogP contribution in [0.15, 0.2) is 47.8 Å². The maximum Gasteiger partial charge on any atom is 0.261 e. The van der Waals surface area contributed by atoms with Crippen molar-refractivity contribution in [3.05, 3.63) is 64.2 Å². The van der Waals surface area contributed by atoms with Gasteiger partial charge in [-0.3, -0.25) is 4.79 Å². The smallest absolute Gasteiger partial charge is 0.261 e. The Kier molecular flexibility index (Phi) is 4.19. The number of ether oxygens (including phenoxy) is 1. The second-order valence-electron chi connectivity index (χ2n) is 5.90. The molecule has 0 N–H and O–H groups in total. The Balaban J connectivity index is 1.63. The summed E-state index contributed by atoms with van der Waals surface area (Å²) in [5.41, 5.74) is 3.60. The van der Waals surface area contributed by atoms with Crippen LogP contribution in [-0.2, 0) is 17.9 Å². The molecule has 0 unspecified atom stereocenters. The minimum Gasteiger partial charge on any atom is -0.482 e. The van der Waals surface area contributed by atoms with E-state index in [0.29, 0.717) is 18.8 Å². The fourth-order valence-electron chi connectivity index (χ4n) is 2.82. The molecule has 1 aliphatic heterocycles. The summed E-state index contributed by atoms with van der Waals surface area (Å²) in [4.78, 5) is 23.3. The number of amides is 1. The van der Waals surface area contributed by atoms with Gasteiger partial charge in [0.1, 0.15) is 11.4 Å². The molecule has 0 spiro atoms. The third kappa shape index (κ3) is 3.39. The standard InChI is InChI=1S/C19H17N3O2S/c1-13-20-15(12-25-13)9-22-10-17-18(24-11-19(22)23)8-7-16(21-17)14-5-3-2-4-6-14/h2-8,12H,9-11H2,1H3. The molecule has 6 heteroatoms. The fraction of sp³-hybridized carbons (Fsp3) is 0.211. The van der Waals surface area contributed by atoms with Gasteiger partial charge < -0.3 is 9.64 Å². The Bertz CT molecular complexity index is 908. The van der Waals surface area contributed by atoms with Crippen molar-refractivity contribution in [3.63, 3.8) is 0 Å². The first-order valence-corrected chi connectivity index (χ1v) is 8.94. The number of fused-ring (bicyclic) bond motifs is 1. The maximum atomic E-state index is 12.4. The summed E-state index contributed by atoms with van der Waals surface area (Å²) in [6.45, 7) is 2.89. The lowest BCUT2D eigenvalue weighted by Gasteiger charge is -2.18. The van der Waals surface area contributed by atoms with E-state index in [2.05, 4.69) is 4.98 Å². The molecule has 3 aromatic rings. The zero-order chi connectivity index (χ0) is 17.2. The fourth-order valence-corrected chi connectivity index (χ4v) is 3.43. The predicted octanol–water partition coefficient (Wildman–Crippen LogP) is 3.43. The Hall–Kier alpha value is -2.73. The molecule has 126 valence electrons. The van der Waals surface area contributed by atoms with Gasteiger partial charge in [0.05, 0.1) is 29.5 Å². The second-order valence-corrected chi connectivity index (χ2v) is 6.97. The van der Waals surface area contributed by atoms with Crippen LogP contribution in [0.4, 0.5) is 0 Å². The molecule has 1 aliphatic rings. The summed E-state index contributed by atoms with van der Waals surface area (Å²) in [5.74, 6) is 0.620. The first-order chi connectivity index (χ1) is 12.2. The number of benzene rings is 1. The van der Waals surface area contributed by atoms with Gasteiger partial charge in [-0.15, -0.1) is 11.3 Å². The molecule has 1 amide bonds. The first-order valence-electron chi connectivity index (χ1n) is 8.06. The molecule has 4 rings (SSSR count). The lowest BCUT2D eigenvalue weighted by Crippen LogP contribution is -2.32. The van der Waals surface area contributed by atoms with Crippen LogP contribution in [0.5, 0.6) is 5.75 Å². The predicted molar refractivity (Wildman–Crippen MR) is 96.3 cm³/mol. The normalized spacial score (nSPS) is 14.0. The van der Waals surface area contributed by atoms with Crippen molar-refractivity contribution >= 4 is 17.2 Å². The summed E-state index contributed by atoms with van der Waals surface area (Å²) in [5, 5.41) is 2.99. The molecule has 1 aromatic carbocycles. The Morgan fingerprint density at radius 3 is 2.76 bits per heavy atom. The number of rotatable bonds is 3. The molecule has 0 bridgehead atoms. The average molecular weight is 351 g/mol. The zero-order valence-electron chi connectivity index (χ0n) is 13.8. The van der Waals surface area contributed by atoms with E-state index in [-0.39, 0.29) is 12.5 Å². The number of aromatic nitrogens is 2. The summed E-state index contributed by atoms with van der Waals surface area (Å²) in [6.07, 6.45) is 0. The van der Waals surface area contributed by atoms with Crippen molar-refractivity contribution in [3.8, 4) is 17.0 Å². The van der Waals surface area contributed by atoms with Crippen molar-refractivity contribution in [2.75, 3.05) is 6.61 Å². The number of hydrogen-bond acceptors (Lipinski definition) is 5. The number of nitrogens with zero attached hydrogens (tertiary/aromatic N) is 3. The van der Waals surface area contributed by atoms with Crippen LogP contribution in [0.25, 0.3) is 11.3 Å². The summed E-state index contributed by atoms with van der Waals surface area (Å²) in [7, 11) is 0. The van der Waals surface area contributed by atoms with Gasteiger partial charge in [0, 0.05) is 10.9 Å². The van der Waals surface area contributed by atoms with Crippen LogP contribution in [-0.4, -0.2) is 27.4 Å². The quantitative estimate of drug-likeness (QED) is 0.725. The highest BCUT2D eigenvalue weighted by molar-refractivity contribution is 7.09. The van der Waals surface area contributed by atoms with Gasteiger partial charge in [-0.2, -0.15) is 0 Å². The molecule has 0 saturated heterocycles. The topological polar surface area (TPSA) is 55.3 Å². The molecule has 5 nitrogen and oxygen atoms in total. The van der Waals surface area contributed by atoms with Crippen molar-refractivity contribution in [1.29, 1.82) is 0 Å². The van der Waals surface area contributed by atoms with Crippen molar-refractivity contribution in [1.82, 2.24) is 14.9 Å². The van der Waals surface area contributed by atoms with E-state index in [9.17, 15) is 4.79 Å². The first kappa shape index (κ1) is 15.8. The average Bonchev–Trinajstić information content (AvgIpc) is 2.98. The maximum absolute atomic E-state index is 12.4. The number of pyridine rings is 1. The van der Waals surface area contributed by atoms with Crippen LogP contribution in [0.2, 0.25) is 0 Å². The van der Waals surface area contributed by atoms with E-state index in [1.165, 1.54) is 0 Å². The SMILES string of the molecule is Cc1nc(CN2Cc3nc(-c4ccccc4)ccc3OCC2=O)cs1. The second kappa shape index (κ2) is 6.64. The Morgan fingerprint density at radius 1 is 1.16 bits per heavy atom. The molecule has 25 heavy (non-hydrogen) atoms. The van der Waals surface area contributed by atoms with E-state index in [1.807, 2.05) is 54.8 Å². The van der Waals surface area contributed by atoms with Gasteiger partial charge in [-0.05, 0) is 19.1 Å². The van der Waals surface area contributed by atoms with Gasteiger partial charge in [0.25, 0.3) is 5.91 Å². The van der Waals surface area contributed by atoms with Crippen LogP contribution >= 0.6 is 11.3 Å². The summed E-state index contributed by atoms with van der Waals surface area (Å²) < 4.78 is 5.65. The third-order valence-electron chi connectivity index (χ3n) is 4.07. The Morgan fingerprint density at radius 2 is 2.00 bits per heavy atom. The van der Waals surface area contributed by atoms with Gasteiger partial charge in [0.2, 0.25) is 0 Å². The molecule has 0 aliphatic carbocycles. The van der Waals surface area contributed by atoms with E-state index in [4.69, 9.17) is 9.72 Å². The van der Waals surface area contributed by atoms with Gasteiger partial charge in [-0.25, -0.2) is 9.97 Å². The number of carbonyl (C=O) groups is 1. The minimum absolute atomic E-state index is 0.0302.